The van der Waals surface area contributed by atoms with E-state index >= 15 is 0 Å². The molecule has 2 N–H and O–H groups in total. The lowest BCUT2D eigenvalue weighted by atomic mass is 10.2. The summed E-state index contributed by atoms with van der Waals surface area (Å²) in [6.45, 7) is 2.23. The standard InChI is InChI=1S/C14H18N2O2S/c1-11(6-8-17)19-9-7-14(18)16-13-4-2-12(10-15)3-5-13/h2-5,11,17H,6-9H2,1H3,(H,16,18). The third kappa shape index (κ3) is 6.27. The van der Waals surface area contributed by atoms with Gasteiger partial charge in [-0.2, -0.15) is 17.0 Å². The summed E-state index contributed by atoms with van der Waals surface area (Å²) < 4.78 is 0. The van der Waals surface area contributed by atoms with Crippen molar-refractivity contribution in [1.29, 1.82) is 5.26 Å². The molecule has 0 fully saturated rings. The van der Waals surface area contributed by atoms with Gasteiger partial charge in [-0.1, -0.05) is 6.92 Å². The quantitative estimate of drug-likeness (QED) is 0.803. The highest BCUT2D eigenvalue weighted by atomic mass is 32.2. The SMILES string of the molecule is CC(CCO)SCCC(=O)Nc1ccc(C#N)cc1. The lowest BCUT2D eigenvalue weighted by Gasteiger charge is -2.09. The van der Waals surface area contributed by atoms with Gasteiger partial charge in [-0.25, -0.2) is 0 Å². The van der Waals surface area contributed by atoms with E-state index in [1.165, 1.54) is 0 Å². The van der Waals surface area contributed by atoms with Gasteiger partial charge in [0.2, 0.25) is 5.91 Å². The van der Waals surface area contributed by atoms with Crippen LogP contribution in [0.1, 0.15) is 25.3 Å². The summed E-state index contributed by atoms with van der Waals surface area (Å²) in [5.41, 5.74) is 1.28. The number of benzene rings is 1. The molecular weight excluding hydrogens is 260 g/mol. The highest BCUT2D eigenvalue weighted by molar-refractivity contribution is 7.99. The minimum absolute atomic E-state index is 0.0339. The lowest BCUT2D eigenvalue weighted by Crippen LogP contribution is -2.13. The largest absolute Gasteiger partial charge is 0.396 e. The second kappa shape index (κ2) is 8.57. The molecule has 0 bridgehead atoms. The molecule has 0 saturated heterocycles. The molecule has 1 amide bonds. The van der Waals surface area contributed by atoms with Gasteiger partial charge < -0.3 is 10.4 Å². The van der Waals surface area contributed by atoms with Crippen LogP contribution in [-0.4, -0.2) is 28.6 Å². The normalized spacial score (nSPS) is 11.6. The van der Waals surface area contributed by atoms with Crippen LogP contribution in [0.25, 0.3) is 0 Å². The van der Waals surface area contributed by atoms with E-state index in [9.17, 15) is 4.79 Å². The molecule has 0 heterocycles. The predicted molar refractivity (Wildman–Crippen MR) is 78.0 cm³/mol. The first-order valence-corrected chi connectivity index (χ1v) is 7.23. The van der Waals surface area contributed by atoms with Crippen molar-refractivity contribution in [3.05, 3.63) is 29.8 Å². The average Bonchev–Trinajstić information content (AvgIpc) is 2.40. The Bertz CT molecular complexity index is 440. The smallest absolute Gasteiger partial charge is 0.225 e. The molecule has 0 radical (unpaired) electrons. The van der Waals surface area contributed by atoms with Gasteiger partial charge in [-0.3, -0.25) is 4.79 Å². The molecule has 0 aliphatic heterocycles. The van der Waals surface area contributed by atoms with Crippen LogP contribution in [0.3, 0.4) is 0 Å². The molecular formula is C14H18N2O2S. The molecule has 0 aliphatic rings. The van der Waals surface area contributed by atoms with Gasteiger partial charge >= 0.3 is 0 Å². The van der Waals surface area contributed by atoms with Crippen LogP contribution in [-0.2, 0) is 4.79 Å². The molecule has 0 saturated carbocycles. The van der Waals surface area contributed by atoms with E-state index in [-0.39, 0.29) is 12.5 Å². The van der Waals surface area contributed by atoms with Crippen molar-refractivity contribution in [2.45, 2.75) is 25.0 Å². The molecule has 1 unspecified atom stereocenters. The van der Waals surface area contributed by atoms with E-state index in [1.807, 2.05) is 13.0 Å². The second-order valence-corrected chi connectivity index (χ2v) is 5.73. The maximum absolute atomic E-state index is 11.7. The number of nitrogens with zero attached hydrogens (tertiary/aromatic N) is 1. The Morgan fingerprint density at radius 1 is 1.47 bits per heavy atom. The van der Waals surface area contributed by atoms with E-state index in [0.717, 1.165) is 12.2 Å². The Hall–Kier alpha value is -1.51. The van der Waals surface area contributed by atoms with Crippen molar-refractivity contribution < 1.29 is 9.90 Å². The molecule has 5 heteroatoms. The van der Waals surface area contributed by atoms with Crippen molar-refractivity contribution in [2.75, 3.05) is 17.7 Å². The number of hydrogen-bond acceptors (Lipinski definition) is 4. The van der Waals surface area contributed by atoms with Gasteiger partial charge in [-0.05, 0) is 30.7 Å². The Kier molecular flexibility index (Phi) is 7.01. The van der Waals surface area contributed by atoms with E-state index in [4.69, 9.17) is 10.4 Å². The lowest BCUT2D eigenvalue weighted by molar-refractivity contribution is -0.115. The minimum Gasteiger partial charge on any atom is -0.396 e. The Morgan fingerprint density at radius 2 is 2.16 bits per heavy atom. The predicted octanol–water partition coefficient (Wildman–Crippen LogP) is 2.39. The summed E-state index contributed by atoms with van der Waals surface area (Å²) in [7, 11) is 0. The first-order chi connectivity index (χ1) is 9.15. The fraction of sp³-hybridized carbons (Fsp3) is 0.429. The number of nitriles is 1. The Balaban J connectivity index is 2.29. The van der Waals surface area contributed by atoms with Gasteiger partial charge in [0.05, 0.1) is 11.6 Å². The van der Waals surface area contributed by atoms with Gasteiger partial charge in [-0.15, -0.1) is 0 Å². The number of anilines is 1. The molecule has 102 valence electrons. The van der Waals surface area contributed by atoms with Crippen LogP contribution in [0.2, 0.25) is 0 Å². The van der Waals surface area contributed by atoms with Crippen molar-refractivity contribution in [1.82, 2.24) is 0 Å². The van der Waals surface area contributed by atoms with Crippen molar-refractivity contribution in [2.24, 2.45) is 0 Å². The monoisotopic (exact) mass is 278 g/mol. The first-order valence-electron chi connectivity index (χ1n) is 6.18. The zero-order valence-electron chi connectivity index (χ0n) is 10.9. The summed E-state index contributed by atoms with van der Waals surface area (Å²) in [6, 6.07) is 8.82. The summed E-state index contributed by atoms with van der Waals surface area (Å²) in [5, 5.41) is 20.6. The zero-order valence-corrected chi connectivity index (χ0v) is 11.7. The number of rotatable bonds is 7. The Labute approximate surface area is 117 Å². The fourth-order valence-corrected chi connectivity index (χ4v) is 2.45. The highest BCUT2D eigenvalue weighted by Crippen LogP contribution is 2.15. The molecule has 0 spiro atoms. The zero-order chi connectivity index (χ0) is 14.1. The maximum atomic E-state index is 11.7. The Morgan fingerprint density at radius 3 is 2.74 bits per heavy atom. The van der Waals surface area contributed by atoms with E-state index in [0.29, 0.717) is 22.9 Å². The van der Waals surface area contributed by atoms with Crippen LogP contribution in [0.5, 0.6) is 0 Å². The molecule has 1 aromatic rings. The highest BCUT2D eigenvalue weighted by Gasteiger charge is 2.05. The summed E-state index contributed by atoms with van der Waals surface area (Å²) >= 11 is 1.68. The van der Waals surface area contributed by atoms with Crippen LogP contribution in [0, 0.1) is 11.3 Å². The number of aliphatic hydroxyl groups is 1. The summed E-state index contributed by atoms with van der Waals surface area (Å²) in [6.07, 6.45) is 1.20. The number of thioether (sulfide) groups is 1. The number of nitrogens with one attached hydrogen (secondary N) is 1. The van der Waals surface area contributed by atoms with E-state index in [2.05, 4.69) is 5.32 Å². The van der Waals surface area contributed by atoms with Gasteiger partial charge in [0.1, 0.15) is 0 Å². The number of hydrogen-bond donors (Lipinski definition) is 2. The molecule has 1 aromatic carbocycles. The van der Waals surface area contributed by atoms with Crippen molar-refractivity contribution >= 4 is 23.4 Å². The third-order valence-electron chi connectivity index (χ3n) is 2.56. The summed E-state index contributed by atoms with van der Waals surface area (Å²) in [4.78, 5) is 11.7. The van der Waals surface area contributed by atoms with Crippen LogP contribution in [0.15, 0.2) is 24.3 Å². The number of amides is 1. The average molecular weight is 278 g/mol. The molecule has 0 aromatic heterocycles. The topological polar surface area (TPSA) is 73.1 Å². The number of carbonyl (C=O) groups is 1. The van der Waals surface area contributed by atoms with Gasteiger partial charge in [0, 0.05) is 29.7 Å². The van der Waals surface area contributed by atoms with Gasteiger partial charge in [0.25, 0.3) is 0 Å². The van der Waals surface area contributed by atoms with Crippen LogP contribution < -0.4 is 5.32 Å². The third-order valence-corrected chi connectivity index (χ3v) is 3.81. The minimum atomic E-state index is -0.0339. The fourth-order valence-electron chi connectivity index (χ4n) is 1.47. The first kappa shape index (κ1) is 15.5. The van der Waals surface area contributed by atoms with Crippen LogP contribution in [0.4, 0.5) is 5.69 Å². The maximum Gasteiger partial charge on any atom is 0.225 e. The van der Waals surface area contributed by atoms with E-state index in [1.54, 1.807) is 36.0 Å². The summed E-state index contributed by atoms with van der Waals surface area (Å²) in [5.74, 6) is 0.705. The van der Waals surface area contributed by atoms with E-state index < -0.39 is 0 Å². The second-order valence-electron chi connectivity index (χ2n) is 4.18. The van der Waals surface area contributed by atoms with Gasteiger partial charge in [0.15, 0.2) is 0 Å². The molecule has 4 nitrogen and oxygen atoms in total. The van der Waals surface area contributed by atoms with Crippen molar-refractivity contribution in [3.63, 3.8) is 0 Å². The molecule has 19 heavy (non-hydrogen) atoms. The molecule has 1 rings (SSSR count). The van der Waals surface area contributed by atoms with Crippen molar-refractivity contribution in [3.8, 4) is 6.07 Å². The molecule has 1 atom stereocenters. The number of carbonyl (C=O) groups excluding carboxylic acids is 1. The number of aliphatic hydroxyl groups excluding tert-OH is 1. The molecule has 0 aliphatic carbocycles. The van der Waals surface area contributed by atoms with Crippen LogP contribution >= 0.6 is 11.8 Å².